The monoisotopic (exact) mass is 163 g/mol. The van der Waals surface area contributed by atoms with E-state index in [1.165, 1.54) is 0 Å². The summed E-state index contributed by atoms with van der Waals surface area (Å²) >= 11 is 0. The highest BCUT2D eigenvalue weighted by Gasteiger charge is 2.03. The van der Waals surface area contributed by atoms with E-state index in [1.807, 2.05) is 0 Å². The molecule has 1 atom stereocenters. The Bertz CT molecular complexity index is 207. The first-order valence-corrected chi connectivity index (χ1v) is 4.66. The summed E-state index contributed by atoms with van der Waals surface area (Å²) in [6.45, 7) is 8.38. The van der Waals surface area contributed by atoms with E-state index in [4.69, 9.17) is 0 Å². The Morgan fingerprint density at radius 2 is 2.42 bits per heavy atom. The van der Waals surface area contributed by atoms with Gasteiger partial charge in [0.1, 0.15) is 0 Å². The lowest BCUT2D eigenvalue weighted by Crippen LogP contribution is -2.22. The van der Waals surface area contributed by atoms with E-state index in [9.17, 15) is 0 Å². The number of hydrogen-bond acceptors (Lipinski definition) is 1. The van der Waals surface area contributed by atoms with Gasteiger partial charge >= 0.3 is 0 Å². The van der Waals surface area contributed by atoms with E-state index < -0.39 is 0 Å². The Morgan fingerprint density at radius 3 is 3.25 bits per heavy atom. The molecule has 0 radical (unpaired) electrons. The maximum atomic E-state index is 3.94. The third-order valence-electron chi connectivity index (χ3n) is 2.01. The highest BCUT2D eigenvalue weighted by Crippen LogP contribution is 2.08. The Kier molecular flexibility index (Phi) is 3.90. The zero-order valence-corrected chi connectivity index (χ0v) is 7.82. The van der Waals surface area contributed by atoms with Gasteiger partial charge < -0.3 is 5.32 Å². The summed E-state index contributed by atoms with van der Waals surface area (Å²) in [5.74, 6) is 6.92. The first kappa shape index (κ1) is 9.35. The normalized spacial score (nSPS) is 25.8. The highest BCUT2D eigenvalue weighted by atomic mass is 14.8. The van der Waals surface area contributed by atoms with Crippen LogP contribution in [-0.4, -0.2) is 13.1 Å². The summed E-state index contributed by atoms with van der Waals surface area (Å²) in [5.41, 5.74) is 1.09. The van der Waals surface area contributed by atoms with Gasteiger partial charge in [-0.1, -0.05) is 25.3 Å². The van der Waals surface area contributed by atoms with Crippen molar-refractivity contribution in [3.05, 3.63) is 12.2 Å². The molecule has 0 amide bonds. The molecule has 0 aromatic carbocycles. The molecule has 12 heavy (non-hydrogen) atoms. The van der Waals surface area contributed by atoms with Crippen LogP contribution in [0, 0.1) is 17.8 Å². The van der Waals surface area contributed by atoms with Crippen LogP contribution >= 0.6 is 0 Å². The minimum atomic E-state index is 0.671. The number of allylic oxidation sites excluding steroid dienone is 1. The lowest BCUT2D eigenvalue weighted by atomic mass is 10.0. The summed E-state index contributed by atoms with van der Waals surface area (Å²) in [4.78, 5) is 0. The average Bonchev–Trinajstić information content (AvgIpc) is 2.02. The fourth-order valence-electron chi connectivity index (χ4n) is 1.38. The van der Waals surface area contributed by atoms with Crippen molar-refractivity contribution < 1.29 is 0 Å². The van der Waals surface area contributed by atoms with Crippen LogP contribution in [0.2, 0.25) is 0 Å². The molecule has 1 aliphatic heterocycles. The first-order valence-electron chi connectivity index (χ1n) is 4.66. The molecule has 0 fully saturated rings. The zero-order chi connectivity index (χ0) is 8.81. The lowest BCUT2D eigenvalue weighted by molar-refractivity contribution is 0.508. The molecular formula is C11H17N. The summed E-state index contributed by atoms with van der Waals surface area (Å²) in [6, 6.07) is 0. The average molecular weight is 163 g/mol. The maximum absolute atomic E-state index is 3.94. The SMILES string of the molecule is C=C1C#CCCCNC[C@@H](C)C1. The van der Waals surface area contributed by atoms with Gasteiger partial charge in [-0.25, -0.2) is 0 Å². The zero-order valence-electron chi connectivity index (χ0n) is 7.82. The van der Waals surface area contributed by atoms with E-state index in [2.05, 4.69) is 30.7 Å². The molecule has 1 nitrogen and oxygen atoms in total. The molecule has 1 aliphatic rings. The van der Waals surface area contributed by atoms with Crippen molar-refractivity contribution in [3.8, 4) is 11.8 Å². The number of nitrogens with one attached hydrogen (secondary N) is 1. The second kappa shape index (κ2) is 5.00. The van der Waals surface area contributed by atoms with Gasteiger partial charge in [-0.05, 0) is 37.4 Å². The van der Waals surface area contributed by atoms with Crippen LogP contribution in [0.4, 0.5) is 0 Å². The minimum Gasteiger partial charge on any atom is -0.316 e. The van der Waals surface area contributed by atoms with Crippen molar-refractivity contribution in [1.82, 2.24) is 5.32 Å². The van der Waals surface area contributed by atoms with E-state index in [0.29, 0.717) is 5.92 Å². The van der Waals surface area contributed by atoms with Crippen molar-refractivity contribution in [2.75, 3.05) is 13.1 Å². The molecular weight excluding hydrogens is 146 g/mol. The van der Waals surface area contributed by atoms with Gasteiger partial charge in [-0.2, -0.15) is 0 Å². The quantitative estimate of drug-likeness (QED) is 0.538. The van der Waals surface area contributed by atoms with Gasteiger partial charge in [0, 0.05) is 6.42 Å². The van der Waals surface area contributed by atoms with Gasteiger partial charge in [0.25, 0.3) is 0 Å². The Balaban J connectivity index is 2.48. The summed E-state index contributed by atoms with van der Waals surface area (Å²) < 4.78 is 0. The smallest absolute Gasteiger partial charge is 0.0104 e. The standard InChI is InChI=1S/C11H17N/c1-10-6-4-3-5-7-12-9-11(2)8-10/h11-12H,1,3,5,7-9H2,2H3/t11-/m0/s1. The molecule has 0 saturated heterocycles. The van der Waals surface area contributed by atoms with Crippen LogP contribution in [0.1, 0.15) is 26.2 Å². The Labute approximate surface area is 75.2 Å². The number of rotatable bonds is 0. The largest absolute Gasteiger partial charge is 0.316 e. The molecule has 66 valence electrons. The number of hydrogen-bond donors (Lipinski definition) is 1. The van der Waals surface area contributed by atoms with Crippen molar-refractivity contribution in [1.29, 1.82) is 0 Å². The summed E-state index contributed by atoms with van der Waals surface area (Å²) in [6.07, 6.45) is 3.20. The lowest BCUT2D eigenvalue weighted by Gasteiger charge is -2.12. The molecule has 0 saturated carbocycles. The van der Waals surface area contributed by atoms with Gasteiger partial charge in [0.15, 0.2) is 0 Å². The molecule has 1 heterocycles. The second-order valence-electron chi connectivity index (χ2n) is 3.52. The van der Waals surface area contributed by atoms with Gasteiger partial charge in [-0.3, -0.25) is 0 Å². The van der Waals surface area contributed by atoms with Crippen LogP contribution in [-0.2, 0) is 0 Å². The molecule has 0 aliphatic carbocycles. The third-order valence-corrected chi connectivity index (χ3v) is 2.01. The molecule has 1 heteroatoms. The molecule has 0 bridgehead atoms. The van der Waals surface area contributed by atoms with Crippen molar-refractivity contribution in [2.24, 2.45) is 5.92 Å². The second-order valence-corrected chi connectivity index (χ2v) is 3.52. The molecule has 0 unspecified atom stereocenters. The van der Waals surface area contributed by atoms with Crippen LogP contribution in [0.3, 0.4) is 0 Å². The van der Waals surface area contributed by atoms with Crippen molar-refractivity contribution >= 4 is 0 Å². The van der Waals surface area contributed by atoms with Crippen molar-refractivity contribution in [2.45, 2.75) is 26.2 Å². The predicted octanol–water partition coefficient (Wildman–Crippen LogP) is 1.96. The Morgan fingerprint density at radius 1 is 1.58 bits per heavy atom. The molecule has 0 aromatic rings. The van der Waals surface area contributed by atoms with Crippen LogP contribution in [0.5, 0.6) is 0 Å². The predicted molar refractivity (Wildman–Crippen MR) is 52.8 cm³/mol. The van der Waals surface area contributed by atoms with E-state index in [1.54, 1.807) is 0 Å². The summed E-state index contributed by atoms with van der Waals surface area (Å²) in [7, 11) is 0. The van der Waals surface area contributed by atoms with E-state index in [0.717, 1.165) is 37.9 Å². The minimum absolute atomic E-state index is 0.671. The van der Waals surface area contributed by atoms with Crippen LogP contribution in [0.15, 0.2) is 12.2 Å². The van der Waals surface area contributed by atoms with Gasteiger partial charge in [0.05, 0.1) is 0 Å². The highest BCUT2D eigenvalue weighted by molar-refractivity contribution is 5.25. The van der Waals surface area contributed by atoms with Crippen molar-refractivity contribution in [3.63, 3.8) is 0 Å². The topological polar surface area (TPSA) is 12.0 Å². The third kappa shape index (κ3) is 3.59. The van der Waals surface area contributed by atoms with E-state index >= 15 is 0 Å². The summed E-state index contributed by atoms with van der Waals surface area (Å²) in [5, 5.41) is 3.42. The van der Waals surface area contributed by atoms with E-state index in [-0.39, 0.29) is 0 Å². The molecule has 0 spiro atoms. The fraction of sp³-hybridized carbons (Fsp3) is 0.636. The van der Waals surface area contributed by atoms with Gasteiger partial charge in [-0.15, -0.1) is 0 Å². The first-order chi connectivity index (χ1) is 5.79. The van der Waals surface area contributed by atoms with Crippen LogP contribution < -0.4 is 5.32 Å². The van der Waals surface area contributed by atoms with Crippen LogP contribution in [0.25, 0.3) is 0 Å². The maximum Gasteiger partial charge on any atom is 0.0104 e. The van der Waals surface area contributed by atoms with Gasteiger partial charge in [0.2, 0.25) is 0 Å². The fourth-order valence-corrected chi connectivity index (χ4v) is 1.38. The molecule has 0 aromatic heterocycles. The molecule has 1 N–H and O–H groups in total. The Hall–Kier alpha value is -0.740. The molecule has 1 rings (SSSR count).